The maximum Gasteiger partial charge on any atom is 0.319 e. The van der Waals surface area contributed by atoms with E-state index in [2.05, 4.69) is 20.6 Å². The van der Waals surface area contributed by atoms with Crippen LogP contribution in [0.25, 0.3) is 11.2 Å². The van der Waals surface area contributed by atoms with Crippen LogP contribution in [0, 0.1) is 12.7 Å². The van der Waals surface area contributed by atoms with E-state index in [1.54, 1.807) is 29.8 Å². The molecule has 4 aromatic rings. The molecule has 3 heterocycles. The van der Waals surface area contributed by atoms with Gasteiger partial charge in [0, 0.05) is 31.0 Å². The van der Waals surface area contributed by atoms with Crippen LogP contribution in [0.3, 0.4) is 0 Å². The van der Waals surface area contributed by atoms with Crippen LogP contribution in [0.2, 0.25) is 0 Å². The number of piperidine rings is 1. The van der Waals surface area contributed by atoms with Crippen molar-refractivity contribution in [3.63, 3.8) is 0 Å². The highest BCUT2D eigenvalue weighted by atomic mass is 19.1. The third kappa shape index (κ3) is 5.05. The highest BCUT2D eigenvalue weighted by Gasteiger charge is 2.25. The van der Waals surface area contributed by atoms with Gasteiger partial charge in [-0.15, -0.1) is 0 Å². The Morgan fingerprint density at radius 2 is 1.86 bits per heavy atom. The number of anilines is 2. The Hall–Kier alpha value is -4.27. The minimum Gasteiger partial charge on any atom is -0.352 e. The zero-order valence-corrected chi connectivity index (χ0v) is 19.9. The lowest BCUT2D eigenvalue weighted by molar-refractivity contribution is 0.246. The molecule has 0 aliphatic carbocycles. The van der Waals surface area contributed by atoms with Gasteiger partial charge in [0.1, 0.15) is 11.3 Å². The van der Waals surface area contributed by atoms with Crippen molar-refractivity contribution in [2.75, 3.05) is 23.3 Å². The number of pyridine rings is 1. The molecule has 9 heteroatoms. The Labute approximate surface area is 207 Å². The number of aromatic nitrogens is 3. The van der Waals surface area contributed by atoms with Crippen LogP contribution in [0.15, 0.2) is 71.7 Å². The fraction of sp³-hybridized carbons (Fsp3) is 0.259. The number of urea groups is 1. The first-order chi connectivity index (χ1) is 17.5. The van der Waals surface area contributed by atoms with Crippen molar-refractivity contribution in [1.29, 1.82) is 0 Å². The minimum atomic E-state index is -0.378. The zero-order valence-electron chi connectivity index (χ0n) is 19.9. The van der Waals surface area contributed by atoms with Gasteiger partial charge in [0.2, 0.25) is 0 Å². The molecular weight excluding hydrogens is 459 g/mol. The van der Waals surface area contributed by atoms with E-state index in [1.807, 2.05) is 47.4 Å². The number of carbonyl (C=O) groups excluding carboxylic acids is 1. The van der Waals surface area contributed by atoms with Crippen LogP contribution < -0.4 is 21.1 Å². The molecule has 8 nitrogen and oxygen atoms in total. The minimum absolute atomic E-state index is 0.0646. The summed E-state index contributed by atoms with van der Waals surface area (Å²) in [7, 11) is 0. The number of nitrogens with one attached hydrogen (secondary N) is 2. The molecule has 0 spiro atoms. The summed E-state index contributed by atoms with van der Waals surface area (Å²) in [5.74, 6) is 0.0292. The largest absolute Gasteiger partial charge is 0.352 e. The van der Waals surface area contributed by atoms with Gasteiger partial charge in [0.25, 0.3) is 5.56 Å². The number of fused-ring (bicyclic) bond motifs is 1. The van der Waals surface area contributed by atoms with Gasteiger partial charge in [-0.3, -0.25) is 9.36 Å². The smallest absolute Gasteiger partial charge is 0.319 e. The fourth-order valence-electron chi connectivity index (χ4n) is 4.44. The number of benzene rings is 2. The van der Waals surface area contributed by atoms with Crippen LogP contribution in [0.5, 0.6) is 0 Å². The molecule has 1 fully saturated rings. The van der Waals surface area contributed by atoms with E-state index in [9.17, 15) is 14.0 Å². The summed E-state index contributed by atoms with van der Waals surface area (Å²) in [6, 6.07) is 17.6. The molecule has 2 aromatic carbocycles. The molecule has 2 N–H and O–H groups in total. The predicted octanol–water partition coefficient (Wildman–Crippen LogP) is 4.08. The maximum absolute atomic E-state index is 13.8. The van der Waals surface area contributed by atoms with Gasteiger partial charge in [-0.1, -0.05) is 36.4 Å². The Morgan fingerprint density at radius 1 is 1.08 bits per heavy atom. The van der Waals surface area contributed by atoms with Gasteiger partial charge in [-0.2, -0.15) is 0 Å². The molecule has 5 rings (SSSR count). The lowest BCUT2D eigenvalue weighted by Crippen LogP contribution is -2.47. The SMILES string of the molecule is Cc1ccc(NC(=O)NC2CCN(c3nc4cccnc4n(Cc4ccccc4)c3=O)CC2)cc1F. The molecule has 1 aliphatic heterocycles. The second kappa shape index (κ2) is 10.2. The first-order valence-corrected chi connectivity index (χ1v) is 12.0. The fourth-order valence-corrected chi connectivity index (χ4v) is 4.44. The number of hydrogen-bond donors (Lipinski definition) is 2. The van der Waals surface area contributed by atoms with Crippen LogP contribution in [0.4, 0.5) is 20.7 Å². The van der Waals surface area contributed by atoms with Crippen molar-refractivity contribution in [2.45, 2.75) is 32.4 Å². The molecule has 2 amide bonds. The van der Waals surface area contributed by atoms with Gasteiger partial charge in [-0.25, -0.2) is 19.2 Å². The van der Waals surface area contributed by atoms with Crippen molar-refractivity contribution >= 4 is 28.7 Å². The normalized spacial score (nSPS) is 14.1. The zero-order chi connectivity index (χ0) is 25.1. The molecule has 0 bridgehead atoms. The van der Waals surface area contributed by atoms with Crippen molar-refractivity contribution < 1.29 is 9.18 Å². The van der Waals surface area contributed by atoms with Crippen molar-refractivity contribution in [2.24, 2.45) is 0 Å². The van der Waals surface area contributed by atoms with Gasteiger partial charge in [-0.05, 0) is 55.2 Å². The molecule has 0 saturated carbocycles. The second-order valence-electron chi connectivity index (χ2n) is 8.98. The molecule has 2 aromatic heterocycles. The number of amides is 2. The predicted molar refractivity (Wildman–Crippen MR) is 138 cm³/mol. The van der Waals surface area contributed by atoms with Crippen molar-refractivity contribution in [3.8, 4) is 0 Å². The summed E-state index contributed by atoms with van der Waals surface area (Å²) in [4.78, 5) is 37.0. The van der Waals surface area contributed by atoms with E-state index in [4.69, 9.17) is 0 Å². The second-order valence-corrected chi connectivity index (χ2v) is 8.98. The van der Waals surface area contributed by atoms with Crippen LogP contribution in [0.1, 0.15) is 24.0 Å². The molecular formula is C27H27FN6O2. The summed E-state index contributed by atoms with van der Waals surface area (Å²) < 4.78 is 15.4. The molecule has 0 unspecified atom stereocenters. The molecule has 0 radical (unpaired) electrons. The van der Waals surface area contributed by atoms with E-state index in [0.29, 0.717) is 60.7 Å². The monoisotopic (exact) mass is 486 g/mol. The highest BCUT2D eigenvalue weighted by molar-refractivity contribution is 5.89. The third-order valence-electron chi connectivity index (χ3n) is 6.43. The highest BCUT2D eigenvalue weighted by Crippen LogP contribution is 2.19. The standard InChI is InChI=1S/C27H27FN6O2/c1-18-9-10-21(16-22(18)28)31-27(36)30-20-11-14-33(15-12-20)25-26(35)34(17-19-6-3-2-4-7-19)24-23(32-25)8-5-13-29-24/h2-10,13,16,20H,11-12,14-15,17H2,1H3,(H2,30,31,36). The molecule has 36 heavy (non-hydrogen) atoms. The lowest BCUT2D eigenvalue weighted by atomic mass is 10.1. The van der Waals surface area contributed by atoms with Crippen LogP contribution in [-0.2, 0) is 6.54 Å². The van der Waals surface area contributed by atoms with Crippen LogP contribution >= 0.6 is 0 Å². The lowest BCUT2D eigenvalue weighted by Gasteiger charge is -2.33. The van der Waals surface area contributed by atoms with E-state index in [-0.39, 0.29) is 23.4 Å². The van der Waals surface area contributed by atoms with Crippen LogP contribution in [-0.4, -0.2) is 39.7 Å². The van der Waals surface area contributed by atoms with Gasteiger partial charge in [0.05, 0.1) is 6.54 Å². The quantitative estimate of drug-likeness (QED) is 0.444. The summed E-state index contributed by atoms with van der Waals surface area (Å²) in [6.45, 7) is 3.22. The van der Waals surface area contributed by atoms with E-state index in [1.165, 1.54) is 6.07 Å². The van der Waals surface area contributed by atoms with Crippen molar-refractivity contribution in [1.82, 2.24) is 19.9 Å². The summed E-state index contributed by atoms with van der Waals surface area (Å²) in [5.41, 5.74) is 2.96. The number of rotatable bonds is 5. The molecule has 0 atom stereocenters. The molecule has 1 aliphatic rings. The van der Waals surface area contributed by atoms with E-state index >= 15 is 0 Å². The summed E-state index contributed by atoms with van der Waals surface area (Å²) >= 11 is 0. The number of hydrogen-bond acceptors (Lipinski definition) is 5. The number of carbonyl (C=O) groups is 1. The first-order valence-electron chi connectivity index (χ1n) is 12.0. The maximum atomic E-state index is 13.8. The summed E-state index contributed by atoms with van der Waals surface area (Å²) in [5, 5.41) is 5.63. The van der Waals surface area contributed by atoms with E-state index in [0.717, 1.165) is 5.56 Å². The number of halogens is 1. The number of aryl methyl sites for hydroxylation is 1. The van der Waals surface area contributed by atoms with E-state index < -0.39 is 0 Å². The molecule has 1 saturated heterocycles. The Balaban J connectivity index is 1.29. The number of nitrogens with zero attached hydrogens (tertiary/aromatic N) is 4. The van der Waals surface area contributed by atoms with Crippen molar-refractivity contribution in [3.05, 3.63) is 94.2 Å². The van der Waals surface area contributed by atoms with Gasteiger partial charge < -0.3 is 15.5 Å². The average molecular weight is 487 g/mol. The third-order valence-corrected chi connectivity index (χ3v) is 6.43. The first kappa shape index (κ1) is 23.5. The summed E-state index contributed by atoms with van der Waals surface area (Å²) in [6.07, 6.45) is 2.97. The average Bonchev–Trinajstić information content (AvgIpc) is 2.89. The van der Waals surface area contributed by atoms with Gasteiger partial charge >= 0.3 is 6.03 Å². The van der Waals surface area contributed by atoms with Gasteiger partial charge in [0.15, 0.2) is 11.5 Å². The Kier molecular flexibility index (Phi) is 6.62. The topological polar surface area (TPSA) is 92.2 Å². The Bertz CT molecular complexity index is 1450. The molecule has 184 valence electrons. The Morgan fingerprint density at radius 3 is 2.61 bits per heavy atom.